The van der Waals surface area contributed by atoms with Gasteiger partial charge in [0.05, 0.1) is 6.10 Å². The number of fused-ring (bicyclic) bond motifs is 9. The van der Waals surface area contributed by atoms with Crippen LogP contribution in [0, 0.1) is 35.5 Å². The maximum atomic E-state index is 12.5. The van der Waals surface area contributed by atoms with Gasteiger partial charge in [0.1, 0.15) is 11.6 Å². The Hall–Kier alpha value is -0.960. The zero-order chi connectivity index (χ0) is 13.9. The minimum atomic E-state index is 0.00975. The molecule has 4 aliphatic carbocycles. The van der Waals surface area contributed by atoms with Crippen molar-refractivity contribution in [1.29, 1.82) is 0 Å². The van der Waals surface area contributed by atoms with Crippen molar-refractivity contribution in [3.8, 4) is 0 Å². The van der Waals surface area contributed by atoms with Crippen LogP contribution in [-0.4, -0.2) is 24.3 Å². The number of carbonyl (C=O) groups excluding carboxylic acids is 2. The van der Waals surface area contributed by atoms with Gasteiger partial charge in [0, 0.05) is 30.3 Å². The van der Waals surface area contributed by atoms with E-state index in [4.69, 9.17) is 4.74 Å². The molecule has 0 heterocycles. The van der Waals surface area contributed by atoms with Crippen LogP contribution in [0.1, 0.15) is 32.6 Å². The number of Topliss-reactive ketones (excluding diaryl/α,β-unsaturated/α-hetero) is 2. The number of allylic oxidation sites excluding steroid dienone is 2. The van der Waals surface area contributed by atoms with Crippen molar-refractivity contribution < 1.29 is 14.3 Å². The van der Waals surface area contributed by atoms with Crippen LogP contribution in [0.3, 0.4) is 0 Å². The van der Waals surface area contributed by atoms with Gasteiger partial charge in [0.15, 0.2) is 0 Å². The minimum absolute atomic E-state index is 0.00975. The van der Waals surface area contributed by atoms with E-state index in [1.54, 1.807) is 0 Å². The number of ether oxygens (including phenoxy) is 1. The van der Waals surface area contributed by atoms with Crippen molar-refractivity contribution in [2.75, 3.05) is 6.61 Å². The summed E-state index contributed by atoms with van der Waals surface area (Å²) in [7, 11) is 0. The van der Waals surface area contributed by atoms with Crippen LogP contribution >= 0.6 is 0 Å². The highest BCUT2D eigenvalue weighted by Gasteiger charge is 2.68. The monoisotopic (exact) mass is 274 g/mol. The van der Waals surface area contributed by atoms with Crippen LogP contribution < -0.4 is 0 Å². The first-order chi connectivity index (χ1) is 9.74. The molecule has 0 spiro atoms. The predicted molar refractivity (Wildman–Crippen MR) is 74.0 cm³/mol. The third kappa shape index (κ3) is 1.50. The normalized spacial score (nSPS) is 47.5. The van der Waals surface area contributed by atoms with Crippen LogP contribution in [0.2, 0.25) is 0 Å². The first kappa shape index (κ1) is 12.8. The maximum absolute atomic E-state index is 12.5. The molecule has 0 aliphatic heterocycles. The largest absolute Gasteiger partial charge is 0.377 e. The van der Waals surface area contributed by atoms with Crippen molar-refractivity contribution in [2.45, 2.75) is 38.7 Å². The van der Waals surface area contributed by atoms with Crippen molar-refractivity contribution >= 4 is 11.6 Å². The van der Waals surface area contributed by atoms with E-state index in [2.05, 4.69) is 19.1 Å². The molecule has 0 aromatic carbocycles. The van der Waals surface area contributed by atoms with Crippen LogP contribution in [0.15, 0.2) is 12.2 Å². The fourth-order valence-electron chi connectivity index (χ4n) is 5.23. The van der Waals surface area contributed by atoms with Crippen LogP contribution in [-0.2, 0) is 14.3 Å². The average Bonchev–Trinajstić information content (AvgIpc) is 3.13. The lowest BCUT2D eigenvalue weighted by atomic mass is 9.72. The Balaban J connectivity index is 1.49. The van der Waals surface area contributed by atoms with E-state index in [1.165, 1.54) is 12.8 Å². The molecular weight excluding hydrogens is 252 g/mol. The third-order valence-corrected chi connectivity index (χ3v) is 6.00. The Morgan fingerprint density at radius 3 is 2.60 bits per heavy atom. The maximum Gasteiger partial charge on any atom is 0.147 e. The summed E-state index contributed by atoms with van der Waals surface area (Å²) >= 11 is 0. The molecule has 7 unspecified atom stereocenters. The SMILES string of the molecule is CCCCCOC1CC2C(=O)C1C1C3C=CC(C3=O)C21. The van der Waals surface area contributed by atoms with Gasteiger partial charge in [-0.3, -0.25) is 9.59 Å². The lowest BCUT2D eigenvalue weighted by Crippen LogP contribution is -2.35. The molecule has 4 aliphatic rings. The molecule has 0 aromatic heterocycles. The zero-order valence-electron chi connectivity index (χ0n) is 12.0. The molecule has 0 radical (unpaired) electrons. The van der Waals surface area contributed by atoms with Gasteiger partial charge in [-0.2, -0.15) is 0 Å². The third-order valence-electron chi connectivity index (χ3n) is 6.00. The molecule has 3 nitrogen and oxygen atoms in total. The lowest BCUT2D eigenvalue weighted by molar-refractivity contribution is -0.126. The summed E-state index contributed by atoms with van der Waals surface area (Å²) in [6.07, 6.45) is 8.51. The molecular formula is C17H22O3. The summed E-state index contributed by atoms with van der Waals surface area (Å²) < 4.78 is 6.00. The lowest BCUT2D eigenvalue weighted by Gasteiger charge is -2.34. The quantitative estimate of drug-likeness (QED) is 0.439. The van der Waals surface area contributed by atoms with Gasteiger partial charge in [-0.05, 0) is 24.7 Å². The summed E-state index contributed by atoms with van der Waals surface area (Å²) in [6, 6.07) is 0. The van der Waals surface area contributed by atoms with Gasteiger partial charge >= 0.3 is 0 Å². The topological polar surface area (TPSA) is 43.4 Å². The fraction of sp³-hybridized carbons (Fsp3) is 0.765. The number of carbonyl (C=O) groups is 2. The highest BCUT2D eigenvalue weighted by Crippen LogP contribution is 2.62. The summed E-state index contributed by atoms with van der Waals surface area (Å²) in [4.78, 5) is 24.7. The number of ketones is 2. The Morgan fingerprint density at radius 1 is 1.10 bits per heavy atom. The van der Waals surface area contributed by atoms with E-state index in [9.17, 15) is 9.59 Å². The molecule has 3 saturated carbocycles. The second-order valence-corrected chi connectivity index (χ2v) is 6.88. The first-order valence-corrected chi connectivity index (χ1v) is 8.11. The highest BCUT2D eigenvalue weighted by molar-refractivity contribution is 5.99. The molecule has 3 fully saturated rings. The molecule has 0 amide bonds. The minimum Gasteiger partial charge on any atom is -0.377 e. The predicted octanol–water partition coefficient (Wildman–Crippen LogP) is 2.40. The van der Waals surface area contributed by atoms with Crippen LogP contribution in [0.5, 0.6) is 0 Å². The second-order valence-electron chi connectivity index (χ2n) is 6.88. The Labute approximate surface area is 119 Å². The Morgan fingerprint density at radius 2 is 1.85 bits per heavy atom. The molecule has 7 atom stereocenters. The van der Waals surface area contributed by atoms with E-state index in [1.807, 2.05) is 0 Å². The molecule has 4 bridgehead atoms. The number of hydrogen-bond donors (Lipinski definition) is 0. The fourth-order valence-corrected chi connectivity index (χ4v) is 5.23. The first-order valence-electron chi connectivity index (χ1n) is 8.11. The van der Waals surface area contributed by atoms with Crippen molar-refractivity contribution in [1.82, 2.24) is 0 Å². The van der Waals surface area contributed by atoms with Crippen LogP contribution in [0.4, 0.5) is 0 Å². The van der Waals surface area contributed by atoms with Crippen LogP contribution in [0.25, 0.3) is 0 Å². The smallest absolute Gasteiger partial charge is 0.147 e. The van der Waals surface area contributed by atoms with Crippen molar-refractivity contribution in [3.05, 3.63) is 12.2 Å². The van der Waals surface area contributed by atoms with Crippen molar-refractivity contribution in [3.63, 3.8) is 0 Å². The van der Waals surface area contributed by atoms with Gasteiger partial charge in [-0.1, -0.05) is 31.9 Å². The summed E-state index contributed by atoms with van der Waals surface area (Å²) in [5.74, 6) is 1.52. The molecule has 0 N–H and O–H groups in total. The molecule has 0 aromatic rings. The Bertz CT molecular complexity index is 481. The van der Waals surface area contributed by atoms with Gasteiger partial charge in [0.2, 0.25) is 0 Å². The standard InChI is InChI=1S/C17H22O3/c1-2-3-4-7-20-12-8-11-13-9-5-6-10(16(9)18)14(13)15(12)17(11)19/h5-6,9-15H,2-4,7-8H2,1H3. The van der Waals surface area contributed by atoms with E-state index in [0.29, 0.717) is 17.5 Å². The van der Waals surface area contributed by atoms with E-state index < -0.39 is 0 Å². The molecule has 4 rings (SSSR count). The molecule has 3 heteroatoms. The summed E-state index contributed by atoms with van der Waals surface area (Å²) in [5, 5.41) is 0. The number of unbranched alkanes of at least 4 members (excludes halogenated alkanes) is 2. The van der Waals surface area contributed by atoms with E-state index in [-0.39, 0.29) is 35.7 Å². The van der Waals surface area contributed by atoms with Gasteiger partial charge in [-0.15, -0.1) is 0 Å². The van der Waals surface area contributed by atoms with E-state index in [0.717, 1.165) is 19.4 Å². The van der Waals surface area contributed by atoms with Gasteiger partial charge < -0.3 is 4.74 Å². The molecule has 0 saturated heterocycles. The Kier molecular flexibility index (Phi) is 2.88. The number of hydrogen-bond acceptors (Lipinski definition) is 3. The highest BCUT2D eigenvalue weighted by atomic mass is 16.5. The molecule has 20 heavy (non-hydrogen) atoms. The average molecular weight is 274 g/mol. The molecule has 108 valence electrons. The number of rotatable bonds is 5. The van der Waals surface area contributed by atoms with Crippen molar-refractivity contribution in [2.24, 2.45) is 35.5 Å². The van der Waals surface area contributed by atoms with Gasteiger partial charge in [-0.25, -0.2) is 0 Å². The van der Waals surface area contributed by atoms with E-state index >= 15 is 0 Å². The summed E-state index contributed by atoms with van der Waals surface area (Å²) in [6.45, 7) is 2.95. The second kappa shape index (κ2) is 4.52. The van der Waals surface area contributed by atoms with Gasteiger partial charge in [0.25, 0.3) is 0 Å². The zero-order valence-corrected chi connectivity index (χ0v) is 12.0. The summed E-state index contributed by atoms with van der Waals surface area (Å²) in [5.41, 5.74) is 0.